The molecule has 0 unspecified atom stereocenters. The highest BCUT2D eigenvalue weighted by Crippen LogP contribution is 2.10. The van der Waals surface area contributed by atoms with Crippen molar-refractivity contribution in [2.24, 2.45) is 0 Å². The van der Waals surface area contributed by atoms with Crippen LogP contribution in [0, 0.1) is 0 Å². The predicted octanol–water partition coefficient (Wildman–Crippen LogP) is 0.163. The number of hydrogen-bond acceptors (Lipinski definition) is 7. The highest BCUT2D eigenvalue weighted by molar-refractivity contribution is 7.10. The number of nitrogen functional groups attached to an aromatic ring is 1. The first-order chi connectivity index (χ1) is 7.25. The SMILES string of the molecule is Nc1cncc(C(=O)Nc2cnns2)n1. The molecule has 0 atom stereocenters. The molecule has 15 heavy (non-hydrogen) atoms. The maximum atomic E-state index is 11.5. The molecule has 0 saturated heterocycles. The Morgan fingerprint density at radius 3 is 2.93 bits per heavy atom. The van der Waals surface area contributed by atoms with Crippen molar-refractivity contribution >= 4 is 28.3 Å². The summed E-state index contributed by atoms with van der Waals surface area (Å²) >= 11 is 1.08. The van der Waals surface area contributed by atoms with Crippen LogP contribution in [0.4, 0.5) is 10.8 Å². The van der Waals surface area contributed by atoms with Crippen molar-refractivity contribution in [3.8, 4) is 0 Å². The average Bonchev–Trinajstić information content (AvgIpc) is 2.70. The Kier molecular flexibility index (Phi) is 2.50. The summed E-state index contributed by atoms with van der Waals surface area (Å²) in [5.41, 5.74) is 5.55. The zero-order chi connectivity index (χ0) is 10.7. The number of carbonyl (C=O) groups excluding carboxylic acids is 1. The van der Waals surface area contributed by atoms with Crippen LogP contribution in [0.2, 0.25) is 0 Å². The van der Waals surface area contributed by atoms with Crippen molar-refractivity contribution < 1.29 is 4.79 Å². The van der Waals surface area contributed by atoms with E-state index in [1.54, 1.807) is 0 Å². The second-order valence-electron chi connectivity index (χ2n) is 2.57. The summed E-state index contributed by atoms with van der Waals surface area (Å²) in [6.07, 6.45) is 4.15. The maximum Gasteiger partial charge on any atom is 0.276 e. The zero-order valence-corrected chi connectivity index (χ0v) is 8.23. The third-order valence-corrected chi connectivity index (χ3v) is 2.06. The van der Waals surface area contributed by atoms with E-state index in [1.165, 1.54) is 18.6 Å². The zero-order valence-electron chi connectivity index (χ0n) is 7.41. The monoisotopic (exact) mass is 222 g/mol. The minimum absolute atomic E-state index is 0.156. The molecule has 8 heteroatoms. The molecule has 7 nitrogen and oxygen atoms in total. The van der Waals surface area contributed by atoms with Crippen LogP contribution in [0.15, 0.2) is 18.6 Å². The predicted molar refractivity (Wildman–Crippen MR) is 54.3 cm³/mol. The van der Waals surface area contributed by atoms with Gasteiger partial charge in [0.15, 0.2) is 0 Å². The summed E-state index contributed by atoms with van der Waals surface area (Å²) in [7, 11) is 0. The molecule has 0 aliphatic heterocycles. The smallest absolute Gasteiger partial charge is 0.276 e. The lowest BCUT2D eigenvalue weighted by Gasteiger charge is -2.00. The molecule has 3 N–H and O–H groups in total. The number of nitrogens with two attached hydrogens (primary N) is 1. The van der Waals surface area contributed by atoms with Crippen LogP contribution in [-0.4, -0.2) is 25.5 Å². The summed E-state index contributed by atoms with van der Waals surface area (Å²) in [4.78, 5) is 19.1. The Balaban J connectivity index is 2.15. The summed E-state index contributed by atoms with van der Waals surface area (Å²) in [5.74, 6) is -0.189. The summed E-state index contributed by atoms with van der Waals surface area (Å²) in [6.45, 7) is 0. The van der Waals surface area contributed by atoms with Gasteiger partial charge in [0.05, 0.1) is 18.6 Å². The van der Waals surface area contributed by atoms with Crippen molar-refractivity contribution in [2.75, 3.05) is 11.1 Å². The van der Waals surface area contributed by atoms with E-state index < -0.39 is 0 Å². The van der Waals surface area contributed by atoms with Crippen LogP contribution in [0.5, 0.6) is 0 Å². The Labute approximate surface area is 88.5 Å². The summed E-state index contributed by atoms with van der Waals surface area (Å²) in [5, 5.41) is 6.69. The number of amides is 1. The lowest BCUT2D eigenvalue weighted by atomic mass is 10.4. The number of aromatic nitrogens is 4. The van der Waals surface area contributed by atoms with Crippen LogP contribution in [0.1, 0.15) is 10.5 Å². The van der Waals surface area contributed by atoms with E-state index in [2.05, 4.69) is 24.9 Å². The molecule has 0 fully saturated rings. The van der Waals surface area contributed by atoms with Crippen molar-refractivity contribution in [3.63, 3.8) is 0 Å². The first-order valence-corrected chi connectivity index (χ1v) is 4.69. The van der Waals surface area contributed by atoms with E-state index in [4.69, 9.17) is 5.73 Å². The van der Waals surface area contributed by atoms with E-state index in [9.17, 15) is 4.79 Å². The highest BCUT2D eigenvalue weighted by Gasteiger charge is 2.09. The molecule has 0 aliphatic rings. The van der Waals surface area contributed by atoms with Gasteiger partial charge in [-0.2, -0.15) is 0 Å². The molecular weight excluding hydrogens is 216 g/mol. The van der Waals surface area contributed by atoms with E-state index in [0.717, 1.165) is 11.5 Å². The number of carbonyl (C=O) groups is 1. The third-order valence-electron chi connectivity index (χ3n) is 1.48. The molecule has 2 aromatic rings. The quantitative estimate of drug-likeness (QED) is 0.749. The summed E-state index contributed by atoms with van der Waals surface area (Å²) < 4.78 is 3.60. The van der Waals surface area contributed by atoms with E-state index in [0.29, 0.717) is 5.00 Å². The third kappa shape index (κ3) is 2.23. The molecular formula is C7H6N6OS. The van der Waals surface area contributed by atoms with Gasteiger partial charge in [-0.15, -0.1) is 5.10 Å². The van der Waals surface area contributed by atoms with E-state index in [1.807, 2.05) is 0 Å². The first-order valence-electron chi connectivity index (χ1n) is 3.92. The Bertz CT molecular complexity index is 470. The van der Waals surface area contributed by atoms with Crippen LogP contribution in [0.3, 0.4) is 0 Å². The molecule has 0 saturated carbocycles. The number of nitrogens with zero attached hydrogens (tertiary/aromatic N) is 4. The van der Waals surface area contributed by atoms with E-state index in [-0.39, 0.29) is 17.4 Å². The molecule has 0 radical (unpaired) electrons. The van der Waals surface area contributed by atoms with Crippen molar-refractivity contribution in [2.45, 2.75) is 0 Å². The minimum atomic E-state index is -0.388. The number of rotatable bonds is 2. The van der Waals surface area contributed by atoms with Crippen molar-refractivity contribution in [1.29, 1.82) is 0 Å². The minimum Gasteiger partial charge on any atom is -0.382 e. The molecule has 2 heterocycles. The molecule has 0 aliphatic carbocycles. The van der Waals surface area contributed by atoms with Gasteiger partial charge in [0.1, 0.15) is 16.5 Å². The first kappa shape index (κ1) is 9.46. The average molecular weight is 222 g/mol. The van der Waals surface area contributed by atoms with Crippen LogP contribution >= 0.6 is 11.5 Å². The fourth-order valence-corrected chi connectivity index (χ4v) is 1.30. The normalized spacial score (nSPS) is 9.87. The lowest BCUT2D eigenvalue weighted by Crippen LogP contribution is -2.14. The van der Waals surface area contributed by atoms with Gasteiger partial charge in [0, 0.05) is 11.5 Å². The highest BCUT2D eigenvalue weighted by atomic mass is 32.1. The second kappa shape index (κ2) is 3.96. The fraction of sp³-hybridized carbons (Fsp3) is 0. The molecule has 76 valence electrons. The number of hydrogen-bond donors (Lipinski definition) is 2. The van der Waals surface area contributed by atoms with Gasteiger partial charge in [0.25, 0.3) is 5.91 Å². The Hall–Kier alpha value is -2.09. The Morgan fingerprint density at radius 2 is 2.27 bits per heavy atom. The number of nitrogens with one attached hydrogen (secondary N) is 1. The van der Waals surface area contributed by atoms with Gasteiger partial charge in [-0.1, -0.05) is 4.49 Å². The van der Waals surface area contributed by atoms with Gasteiger partial charge in [0.2, 0.25) is 0 Å². The van der Waals surface area contributed by atoms with Gasteiger partial charge < -0.3 is 11.1 Å². The topological polar surface area (TPSA) is 107 Å². The molecule has 0 spiro atoms. The maximum absolute atomic E-state index is 11.5. The van der Waals surface area contributed by atoms with Gasteiger partial charge >= 0.3 is 0 Å². The number of anilines is 2. The van der Waals surface area contributed by atoms with Gasteiger partial charge in [-0.3, -0.25) is 9.78 Å². The van der Waals surface area contributed by atoms with Gasteiger partial charge in [-0.25, -0.2) is 4.98 Å². The largest absolute Gasteiger partial charge is 0.382 e. The molecule has 0 aromatic carbocycles. The Morgan fingerprint density at radius 1 is 1.40 bits per heavy atom. The summed E-state index contributed by atoms with van der Waals surface area (Å²) in [6, 6.07) is 0. The second-order valence-corrected chi connectivity index (χ2v) is 3.35. The molecule has 2 rings (SSSR count). The molecule has 0 bridgehead atoms. The van der Waals surface area contributed by atoms with Crippen molar-refractivity contribution in [1.82, 2.24) is 19.6 Å². The van der Waals surface area contributed by atoms with Crippen molar-refractivity contribution in [3.05, 3.63) is 24.3 Å². The van der Waals surface area contributed by atoms with Gasteiger partial charge in [-0.05, 0) is 0 Å². The lowest BCUT2D eigenvalue weighted by molar-refractivity contribution is 0.102. The molecule has 1 amide bonds. The van der Waals surface area contributed by atoms with E-state index >= 15 is 0 Å². The molecule has 2 aromatic heterocycles. The fourth-order valence-electron chi connectivity index (χ4n) is 0.889. The standard InChI is InChI=1S/C7H6N6OS/c8-5-2-9-1-4(11-5)7(14)12-6-3-10-13-15-6/h1-3H,(H2,8,11)(H,12,14). The van der Waals surface area contributed by atoms with Crippen LogP contribution in [0.25, 0.3) is 0 Å². The van der Waals surface area contributed by atoms with Crippen LogP contribution in [-0.2, 0) is 0 Å². The van der Waals surface area contributed by atoms with Crippen LogP contribution < -0.4 is 11.1 Å².